The van der Waals surface area contributed by atoms with Gasteiger partial charge in [0.15, 0.2) is 0 Å². The lowest BCUT2D eigenvalue weighted by molar-refractivity contribution is -0.117. The highest BCUT2D eigenvalue weighted by atomic mass is 32.1. The van der Waals surface area contributed by atoms with E-state index in [2.05, 4.69) is 15.6 Å². The van der Waals surface area contributed by atoms with Gasteiger partial charge in [-0.1, -0.05) is 41.7 Å². The van der Waals surface area contributed by atoms with Gasteiger partial charge in [0.1, 0.15) is 10.0 Å². The molecule has 1 aromatic heterocycles. The number of aromatic nitrogens is 1. The Morgan fingerprint density at radius 3 is 2.95 bits per heavy atom. The number of nitrogens with one attached hydrogen (secondary N) is 2. The van der Waals surface area contributed by atoms with E-state index >= 15 is 0 Å². The Balaban J connectivity index is 1.70. The van der Waals surface area contributed by atoms with Crippen LogP contribution in [-0.4, -0.2) is 23.5 Å². The van der Waals surface area contributed by atoms with Crippen LogP contribution in [0.15, 0.2) is 36.5 Å². The Hall–Kier alpha value is -1.72. The van der Waals surface area contributed by atoms with Crippen molar-refractivity contribution in [2.75, 3.05) is 11.9 Å². The lowest BCUT2D eigenvalue weighted by atomic mass is 10.2. The number of benzene rings is 1. The number of nitrogens with zero attached hydrogens (tertiary/aromatic N) is 1. The van der Waals surface area contributed by atoms with E-state index in [0.717, 1.165) is 35.0 Å². The number of amides is 1. The summed E-state index contributed by atoms with van der Waals surface area (Å²) in [4.78, 5) is 16.3. The van der Waals surface area contributed by atoms with Gasteiger partial charge < -0.3 is 10.6 Å². The molecule has 0 spiro atoms. The molecule has 0 aliphatic carbocycles. The normalized spacial score (nSPS) is 18.4. The van der Waals surface area contributed by atoms with Crippen LogP contribution in [0.4, 0.5) is 5.00 Å². The first-order valence-corrected chi connectivity index (χ1v) is 7.20. The smallest absolute Gasteiger partial charge is 0.242 e. The monoisotopic (exact) mass is 273 g/mol. The van der Waals surface area contributed by atoms with E-state index in [9.17, 15) is 4.79 Å². The van der Waals surface area contributed by atoms with Crippen molar-refractivity contribution in [2.45, 2.75) is 18.9 Å². The van der Waals surface area contributed by atoms with Crippen molar-refractivity contribution < 1.29 is 4.79 Å². The van der Waals surface area contributed by atoms with Crippen LogP contribution in [0.3, 0.4) is 0 Å². The number of hydrogen-bond acceptors (Lipinski definition) is 4. The second kappa shape index (κ2) is 5.50. The number of thiazole rings is 1. The molecule has 1 saturated heterocycles. The quantitative estimate of drug-likeness (QED) is 0.903. The molecule has 3 rings (SSSR count). The van der Waals surface area contributed by atoms with Gasteiger partial charge in [-0.2, -0.15) is 0 Å². The van der Waals surface area contributed by atoms with E-state index in [1.54, 1.807) is 6.20 Å². The first kappa shape index (κ1) is 12.3. The van der Waals surface area contributed by atoms with E-state index in [0.29, 0.717) is 0 Å². The SMILES string of the molecule is O=C(Nc1cnc(-c2ccccc2)s1)C1CCCN1. The van der Waals surface area contributed by atoms with Gasteiger partial charge in [-0.05, 0) is 19.4 Å². The fourth-order valence-electron chi connectivity index (χ4n) is 2.16. The zero-order valence-corrected chi connectivity index (χ0v) is 11.2. The van der Waals surface area contributed by atoms with Gasteiger partial charge in [-0.15, -0.1) is 0 Å². The molecule has 1 aliphatic rings. The maximum absolute atomic E-state index is 12.0. The molecule has 2 aromatic rings. The van der Waals surface area contributed by atoms with Crippen LogP contribution in [-0.2, 0) is 4.79 Å². The second-order valence-corrected chi connectivity index (χ2v) is 5.56. The van der Waals surface area contributed by atoms with Crippen molar-refractivity contribution in [3.63, 3.8) is 0 Å². The molecule has 0 radical (unpaired) electrons. The molecule has 1 aromatic carbocycles. The van der Waals surface area contributed by atoms with Gasteiger partial charge in [0, 0.05) is 5.56 Å². The summed E-state index contributed by atoms with van der Waals surface area (Å²) in [5.41, 5.74) is 1.08. The predicted molar refractivity (Wildman–Crippen MR) is 77.2 cm³/mol. The summed E-state index contributed by atoms with van der Waals surface area (Å²) in [6.45, 7) is 0.927. The van der Waals surface area contributed by atoms with E-state index in [1.807, 2.05) is 30.3 Å². The Labute approximate surface area is 115 Å². The molecule has 0 saturated carbocycles. The van der Waals surface area contributed by atoms with Gasteiger partial charge in [-0.25, -0.2) is 4.98 Å². The minimum Gasteiger partial charge on any atom is -0.315 e. The van der Waals surface area contributed by atoms with Crippen LogP contribution in [0, 0.1) is 0 Å². The highest BCUT2D eigenvalue weighted by molar-refractivity contribution is 7.19. The molecular formula is C14H15N3OS. The fourth-order valence-corrected chi connectivity index (χ4v) is 2.99. The van der Waals surface area contributed by atoms with Crippen molar-refractivity contribution in [1.82, 2.24) is 10.3 Å². The van der Waals surface area contributed by atoms with Crippen LogP contribution in [0.2, 0.25) is 0 Å². The van der Waals surface area contributed by atoms with Gasteiger partial charge in [-0.3, -0.25) is 4.79 Å². The first-order chi connectivity index (χ1) is 9.33. The van der Waals surface area contributed by atoms with Crippen molar-refractivity contribution >= 4 is 22.2 Å². The zero-order chi connectivity index (χ0) is 13.1. The average molecular weight is 273 g/mol. The lowest BCUT2D eigenvalue weighted by Gasteiger charge is -2.08. The van der Waals surface area contributed by atoms with Gasteiger partial charge in [0.05, 0.1) is 12.2 Å². The fraction of sp³-hybridized carbons (Fsp3) is 0.286. The lowest BCUT2D eigenvalue weighted by Crippen LogP contribution is -2.35. The minimum atomic E-state index is -0.0534. The Kier molecular flexibility index (Phi) is 3.57. The summed E-state index contributed by atoms with van der Waals surface area (Å²) in [5.74, 6) is 0.0424. The number of anilines is 1. The van der Waals surface area contributed by atoms with Crippen LogP contribution >= 0.6 is 11.3 Å². The van der Waals surface area contributed by atoms with Gasteiger partial charge in [0.25, 0.3) is 0 Å². The number of hydrogen-bond donors (Lipinski definition) is 2. The van der Waals surface area contributed by atoms with Crippen LogP contribution in [0.1, 0.15) is 12.8 Å². The Morgan fingerprint density at radius 2 is 2.21 bits per heavy atom. The standard InChI is InChI=1S/C14H15N3OS/c18-13(11-7-4-8-15-11)17-12-9-16-14(19-12)10-5-2-1-3-6-10/h1-3,5-6,9,11,15H,4,7-8H2,(H,17,18). The summed E-state index contributed by atoms with van der Waals surface area (Å²) >= 11 is 1.50. The molecule has 1 atom stereocenters. The molecule has 1 unspecified atom stereocenters. The summed E-state index contributed by atoms with van der Waals surface area (Å²) in [7, 11) is 0. The summed E-state index contributed by atoms with van der Waals surface area (Å²) in [6.07, 6.45) is 3.70. The third kappa shape index (κ3) is 2.83. The summed E-state index contributed by atoms with van der Waals surface area (Å²) in [5, 5.41) is 7.85. The molecule has 1 fully saturated rings. The van der Waals surface area contributed by atoms with E-state index < -0.39 is 0 Å². The summed E-state index contributed by atoms with van der Waals surface area (Å²) < 4.78 is 0. The average Bonchev–Trinajstić information content (AvgIpc) is 3.11. The maximum atomic E-state index is 12.0. The minimum absolute atomic E-state index is 0.0424. The predicted octanol–water partition coefficient (Wildman–Crippen LogP) is 2.50. The number of carbonyl (C=O) groups is 1. The molecule has 0 bridgehead atoms. The molecule has 1 amide bonds. The zero-order valence-electron chi connectivity index (χ0n) is 10.4. The molecule has 2 N–H and O–H groups in total. The largest absolute Gasteiger partial charge is 0.315 e. The molecule has 1 aliphatic heterocycles. The van der Waals surface area contributed by atoms with Crippen LogP contribution in [0.5, 0.6) is 0 Å². The highest BCUT2D eigenvalue weighted by Gasteiger charge is 2.22. The van der Waals surface area contributed by atoms with Crippen molar-refractivity contribution in [3.8, 4) is 10.6 Å². The van der Waals surface area contributed by atoms with Crippen LogP contribution in [0.25, 0.3) is 10.6 Å². The molecule has 2 heterocycles. The maximum Gasteiger partial charge on any atom is 0.242 e. The topological polar surface area (TPSA) is 54.0 Å². The third-order valence-electron chi connectivity index (χ3n) is 3.15. The molecule has 98 valence electrons. The van der Waals surface area contributed by atoms with Gasteiger partial charge in [0.2, 0.25) is 5.91 Å². The Bertz CT molecular complexity index is 561. The number of rotatable bonds is 3. The van der Waals surface area contributed by atoms with Crippen molar-refractivity contribution in [3.05, 3.63) is 36.5 Å². The van der Waals surface area contributed by atoms with E-state index in [-0.39, 0.29) is 11.9 Å². The molecular weight excluding hydrogens is 258 g/mol. The molecule has 4 nitrogen and oxygen atoms in total. The second-order valence-electron chi connectivity index (χ2n) is 4.53. The first-order valence-electron chi connectivity index (χ1n) is 6.38. The molecule has 5 heteroatoms. The highest BCUT2D eigenvalue weighted by Crippen LogP contribution is 2.28. The van der Waals surface area contributed by atoms with Crippen molar-refractivity contribution in [1.29, 1.82) is 0 Å². The van der Waals surface area contributed by atoms with E-state index in [4.69, 9.17) is 0 Å². The Morgan fingerprint density at radius 1 is 1.37 bits per heavy atom. The molecule has 19 heavy (non-hydrogen) atoms. The van der Waals surface area contributed by atoms with Crippen LogP contribution < -0.4 is 10.6 Å². The van der Waals surface area contributed by atoms with Gasteiger partial charge >= 0.3 is 0 Å². The van der Waals surface area contributed by atoms with E-state index in [1.165, 1.54) is 11.3 Å². The van der Waals surface area contributed by atoms with Crippen molar-refractivity contribution in [2.24, 2.45) is 0 Å². The number of carbonyl (C=O) groups excluding carboxylic acids is 1. The summed E-state index contributed by atoms with van der Waals surface area (Å²) in [6, 6.07) is 9.93. The third-order valence-corrected chi connectivity index (χ3v) is 4.11.